The van der Waals surface area contributed by atoms with E-state index >= 15 is 0 Å². The van der Waals surface area contributed by atoms with Crippen molar-refractivity contribution in [2.75, 3.05) is 13.1 Å². The van der Waals surface area contributed by atoms with Crippen molar-refractivity contribution in [3.63, 3.8) is 0 Å². The van der Waals surface area contributed by atoms with E-state index in [0.29, 0.717) is 6.42 Å². The van der Waals surface area contributed by atoms with Crippen molar-refractivity contribution in [1.82, 2.24) is 10.6 Å². The van der Waals surface area contributed by atoms with E-state index in [1.165, 1.54) is 0 Å². The highest BCUT2D eigenvalue weighted by Gasteiger charge is 2.29. The third kappa shape index (κ3) is 2.06. The van der Waals surface area contributed by atoms with Crippen molar-refractivity contribution in [3.8, 4) is 0 Å². The fraction of sp³-hybridized carbons (Fsp3) is 0.400. The van der Waals surface area contributed by atoms with E-state index in [0.717, 1.165) is 18.7 Å². The van der Waals surface area contributed by atoms with Gasteiger partial charge in [0.15, 0.2) is 5.85 Å². The summed E-state index contributed by atoms with van der Waals surface area (Å²) in [6, 6.07) is 9.96. The SMILES string of the molecule is OC1(Cc2ccccc2)NCCN1. The second-order valence-electron chi connectivity index (χ2n) is 3.38. The quantitative estimate of drug-likeness (QED) is 0.600. The molecule has 13 heavy (non-hydrogen) atoms. The summed E-state index contributed by atoms with van der Waals surface area (Å²) in [5, 5.41) is 16.0. The average molecular weight is 178 g/mol. The van der Waals surface area contributed by atoms with Crippen LogP contribution in [0.15, 0.2) is 30.3 Å². The van der Waals surface area contributed by atoms with Crippen LogP contribution < -0.4 is 10.6 Å². The molecule has 1 heterocycles. The van der Waals surface area contributed by atoms with E-state index < -0.39 is 5.85 Å². The van der Waals surface area contributed by atoms with Crippen molar-refractivity contribution in [3.05, 3.63) is 35.9 Å². The molecule has 1 aromatic carbocycles. The number of aliphatic hydroxyl groups is 1. The number of nitrogens with one attached hydrogen (secondary N) is 2. The molecule has 3 nitrogen and oxygen atoms in total. The van der Waals surface area contributed by atoms with Gasteiger partial charge >= 0.3 is 0 Å². The topological polar surface area (TPSA) is 44.3 Å². The highest BCUT2D eigenvalue weighted by atomic mass is 16.3. The van der Waals surface area contributed by atoms with Gasteiger partial charge in [-0.1, -0.05) is 30.3 Å². The molecule has 0 bridgehead atoms. The molecule has 0 unspecified atom stereocenters. The van der Waals surface area contributed by atoms with Crippen LogP contribution >= 0.6 is 0 Å². The Balaban J connectivity index is 2.05. The van der Waals surface area contributed by atoms with Crippen LogP contribution in [-0.2, 0) is 6.42 Å². The maximum absolute atomic E-state index is 9.92. The van der Waals surface area contributed by atoms with Gasteiger partial charge in [-0.15, -0.1) is 0 Å². The highest BCUT2D eigenvalue weighted by Crippen LogP contribution is 2.10. The molecule has 0 atom stereocenters. The summed E-state index contributed by atoms with van der Waals surface area (Å²) in [6.07, 6.45) is 0.605. The lowest BCUT2D eigenvalue weighted by molar-refractivity contribution is 0.00312. The van der Waals surface area contributed by atoms with Gasteiger partial charge in [0.1, 0.15) is 0 Å². The van der Waals surface area contributed by atoms with E-state index in [4.69, 9.17) is 0 Å². The average Bonchev–Trinajstić information content (AvgIpc) is 2.54. The molecule has 0 saturated carbocycles. The molecular weight excluding hydrogens is 164 g/mol. The first-order chi connectivity index (χ1) is 6.29. The van der Waals surface area contributed by atoms with Crippen LogP contribution in [0.1, 0.15) is 5.56 Å². The van der Waals surface area contributed by atoms with E-state index in [2.05, 4.69) is 10.6 Å². The Kier molecular flexibility index (Phi) is 2.31. The Hall–Kier alpha value is -0.900. The van der Waals surface area contributed by atoms with Gasteiger partial charge in [0.2, 0.25) is 0 Å². The van der Waals surface area contributed by atoms with Crippen LogP contribution in [0.5, 0.6) is 0 Å². The molecule has 70 valence electrons. The largest absolute Gasteiger partial charge is 0.363 e. The molecule has 2 rings (SSSR count). The molecule has 1 aliphatic heterocycles. The lowest BCUT2D eigenvalue weighted by atomic mass is 10.1. The van der Waals surface area contributed by atoms with Gasteiger partial charge < -0.3 is 5.11 Å². The number of benzene rings is 1. The minimum absolute atomic E-state index is 0.605. The standard InChI is InChI=1S/C10H14N2O/c13-10(11-6-7-12-10)8-9-4-2-1-3-5-9/h1-5,11-13H,6-8H2. The summed E-state index contributed by atoms with van der Waals surface area (Å²) in [5.41, 5.74) is 1.13. The van der Waals surface area contributed by atoms with Gasteiger partial charge in [-0.25, -0.2) is 0 Å². The minimum atomic E-state index is -0.901. The molecule has 3 N–H and O–H groups in total. The molecule has 0 aliphatic carbocycles. The van der Waals surface area contributed by atoms with E-state index in [1.807, 2.05) is 30.3 Å². The van der Waals surface area contributed by atoms with Gasteiger partial charge in [0.25, 0.3) is 0 Å². The first kappa shape index (κ1) is 8.69. The smallest absolute Gasteiger partial charge is 0.176 e. The summed E-state index contributed by atoms with van der Waals surface area (Å²) in [4.78, 5) is 0. The Morgan fingerprint density at radius 1 is 1.15 bits per heavy atom. The van der Waals surface area contributed by atoms with Gasteiger partial charge in [0, 0.05) is 19.5 Å². The molecule has 0 aromatic heterocycles. The maximum Gasteiger partial charge on any atom is 0.176 e. The second-order valence-corrected chi connectivity index (χ2v) is 3.38. The first-order valence-electron chi connectivity index (χ1n) is 4.55. The van der Waals surface area contributed by atoms with Crippen molar-refractivity contribution in [1.29, 1.82) is 0 Å². The van der Waals surface area contributed by atoms with E-state index in [-0.39, 0.29) is 0 Å². The number of rotatable bonds is 2. The predicted molar refractivity (Wildman–Crippen MR) is 51.1 cm³/mol. The third-order valence-corrected chi connectivity index (χ3v) is 2.26. The third-order valence-electron chi connectivity index (χ3n) is 2.26. The fourth-order valence-electron chi connectivity index (χ4n) is 1.62. The summed E-state index contributed by atoms with van der Waals surface area (Å²) in [5.74, 6) is -0.901. The van der Waals surface area contributed by atoms with Crippen LogP contribution in [0, 0.1) is 0 Å². The lowest BCUT2D eigenvalue weighted by Crippen LogP contribution is -2.50. The van der Waals surface area contributed by atoms with Gasteiger partial charge in [-0.2, -0.15) is 0 Å². The van der Waals surface area contributed by atoms with Gasteiger partial charge in [-0.3, -0.25) is 10.6 Å². The monoisotopic (exact) mass is 178 g/mol. The molecule has 1 aliphatic rings. The van der Waals surface area contributed by atoms with Gasteiger partial charge in [-0.05, 0) is 5.56 Å². The van der Waals surface area contributed by atoms with Crippen molar-refractivity contribution in [2.45, 2.75) is 12.3 Å². The number of hydrogen-bond donors (Lipinski definition) is 3. The predicted octanol–water partition coefficient (Wildman–Crippen LogP) is 0.0680. The molecule has 1 saturated heterocycles. The molecule has 0 amide bonds. The van der Waals surface area contributed by atoms with Crippen LogP contribution in [0.3, 0.4) is 0 Å². The Bertz CT molecular complexity index is 268. The first-order valence-corrected chi connectivity index (χ1v) is 4.55. The minimum Gasteiger partial charge on any atom is -0.363 e. The van der Waals surface area contributed by atoms with Crippen LogP contribution in [-0.4, -0.2) is 24.0 Å². The lowest BCUT2D eigenvalue weighted by Gasteiger charge is -2.22. The normalized spacial score (nSPS) is 20.4. The Labute approximate surface area is 77.8 Å². The zero-order valence-corrected chi connectivity index (χ0v) is 7.46. The summed E-state index contributed by atoms with van der Waals surface area (Å²) < 4.78 is 0. The van der Waals surface area contributed by atoms with E-state index in [1.54, 1.807) is 0 Å². The summed E-state index contributed by atoms with van der Waals surface area (Å²) >= 11 is 0. The zero-order valence-electron chi connectivity index (χ0n) is 7.46. The summed E-state index contributed by atoms with van der Waals surface area (Å²) in [7, 11) is 0. The Morgan fingerprint density at radius 3 is 2.38 bits per heavy atom. The van der Waals surface area contributed by atoms with Gasteiger partial charge in [0.05, 0.1) is 0 Å². The van der Waals surface area contributed by atoms with Crippen LogP contribution in [0.4, 0.5) is 0 Å². The second kappa shape index (κ2) is 3.46. The Morgan fingerprint density at radius 2 is 1.77 bits per heavy atom. The van der Waals surface area contributed by atoms with E-state index in [9.17, 15) is 5.11 Å². The number of hydrogen-bond acceptors (Lipinski definition) is 3. The molecule has 1 fully saturated rings. The van der Waals surface area contributed by atoms with Crippen molar-refractivity contribution in [2.24, 2.45) is 0 Å². The molecule has 0 spiro atoms. The molecule has 0 radical (unpaired) electrons. The van der Waals surface area contributed by atoms with Crippen LogP contribution in [0.25, 0.3) is 0 Å². The highest BCUT2D eigenvalue weighted by molar-refractivity contribution is 5.16. The maximum atomic E-state index is 9.92. The summed E-state index contributed by atoms with van der Waals surface area (Å²) in [6.45, 7) is 1.65. The molecular formula is C10H14N2O. The van der Waals surface area contributed by atoms with Crippen molar-refractivity contribution < 1.29 is 5.11 Å². The van der Waals surface area contributed by atoms with Crippen LogP contribution in [0.2, 0.25) is 0 Å². The molecule has 3 heteroatoms. The fourth-order valence-corrected chi connectivity index (χ4v) is 1.62. The molecule has 1 aromatic rings. The van der Waals surface area contributed by atoms with Crippen molar-refractivity contribution >= 4 is 0 Å². The zero-order chi connectivity index (χ0) is 9.15.